The van der Waals surface area contributed by atoms with E-state index in [9.17, 15) is 14.7 Å². The SMILES string of the molecule is Nc1ccc(C(=O)Nc2ccccc2C(=O)[O-])cc1. The molecule has 0 aliphatic rings. The van der Waals surface area contributed by atoms with E-state index in [4.69, 9.17) is 5.73 Å². The van der Waals surface area contributed by atoms with Gasteiger partial charge in [0.1, 0.15) is 0 Å². The lowest BCUT2D eigenvalue weighted by Crippen LogP contribution is -2.24. The fraction of sp³-hybridized carbons (Fsp3) is 0. The highest BCUT2D eigenvalue weighted by Gasteiger charge is 2.09. The summed E-state index contributed by atoms with van der Waals surface area (Å²) in [6, 6.07) is 12.4. The number of nitrogens with one attached hydrogen (secondary N) is 1. The van der Waals surface area contributed by atoms with E-state index in [-0.39, 0.29) is 11.3 Å². The number of rotatable bonds is 3. The number of carbonyl (C=O) groups is 2. The minimum atomic E-state index is -1.34. The van der Waals surface area contributed by atoms with Gasteiger partial charge in [-0.3, -0.25) is 4.79 Å². The number of carbonyl (C=O) groups excluding carboxylic acids is 2. The Bertz CT molecular complexity index is 621. The van der Waals surface area contributed by atoms with Gasteiger partial charge in [-0.25, -0.2) is 0 Å². The first-order chi connectivity index (χ1) is 9.08. The minimum absolute atomic E-state index is 0.0636. The molecule has 5 nitrogen and oxygen atoms in total. The highest BCUT2D eigenvalue weighted by atomic mass is 16.4. The van der Waals surface area contributed by atoms with Crippen LogP contribution in [0.3, 0.4) is 0 Å². The molecule has 0 heterocycles. The van der Waals surface area contributed by atoms with Crippen molar-refractivity contribution < 1.29 is 14.7 Å². The number of hydrogen-bond donors (Lipinski definition) is 2. The van der Waals surface area contributed by atoms with E-state index < -0.39 is 11.9 Å². The van der Waals surface area contributed by atoms with Gasteiger partial charge in [-0.2, -0.15) is 0 Å². The maximum Gasteiger partial charge on any atom is 0.255 e. The van der Waals surface area contributed by atoms with Crippen molar-refractivity contribution in [3.63, 3.8) is 0 Å². The molecule has 0 radical (unpaired) electrons. The Morgan fingerprint density at radius 3 is 2.26 bits per heavy atom. The first kappa shape index (κ1) is 12.6. The van der Waals surface area contributed by atoms with Crippen LogP contribution in [0.2, 0.25) is 0 Å². The molecule has 0 saturated heterocycles. The lowest BCUT2D eigenvalue weighted by atomic mass is 10.1. The summed E-state index contributed by atoms with van der Waals surface area (Å²) in [5, 5.41) is 13.4. The Hall–Kier alpha value is -2.82. The Morgan fingerprint density at radius 2 is 1.63 bits per heavy atom. The van der Waals surface area contributed by atoms with Gasteiger partial charge in [0, 0.05) is 16.8 Å². The molecule has 2 rings (SSSR count). The second-order valence-corrected chi connectivity index (χ2v) is 3.91. The Morgan fingerprint density at radius 1 is 1.00 bits per heavy atom. The summed E-state index contributed by atoms with van der Waals surface area (Å²) in [5.74, 6) is -1.75. The number of carboxylic acid groups (broad SMARTS) is 1. The summed E-state index contributed by atoms with van der Waals surface area (Å²) in [6.45, 7) is 0. The van der Waals surface area contributed by atoms with Gasteiger partial charge in [0.05, 0.1) is 11.7 Å². The molecule has 2 aromatic carbocycles. The van der Waals surface area contributed by atoms with Crippen molar-refractivity contribution in [2.45, 2.75) is 0 Å². The van der Waals surface area contributed by atoms with Gasteiger partial charge >= 0.3 is 0 Å². The largest absolute Gasteiger partial charge is 0.545 e. The number of nitrogen functional groups attached to an aromatic ring is 1. The number of aromatic carboxylic acids is 1. The van der Waals surface area contributed by atoms with Crippen molar-refractivity contribution in [3.05, 3.63) is 59.7 Å². The van der Waals surface area contributed by atoms with Crippen LogP contribution < -0.4 is 16.2 Å². The third-order valence-electron chi connectivity index (χ3n) is 2.57. The predicted octanol–water partition coefficient (Wildman–Crippen LogP) is 0.885. The van der Waals surface area contributed by atoms with Crippen molar-refractivity contribution in [2.24, 2.45) is 0 Å². The zero-order valence-electron chi connectivity index (χ0n) is 9.92. The molecule has 0 unspecified atom stereocenters. The average Bonchev–Trinajstić information content (AvgIpc) is 2.39. The van der Waals surface area contributed by atoms with Gasteiger partial charge in [-0.1, -0.05) is 18.2 Å². The second-order valence-electron chi connectivity index (χ2n) is 3.91. The maximum absolute atomic E-state index is 11.9. The average molecular weight is 255 g/mol. The highest BCUT2D eigenvalue weighted by Crippen LogP contribution is 2.16. The number of hydrogen-bond acceptors (Lipinski definition) is 4. The normalized spacial score (nSPS) is 9.89. The molecule has 0 aliphatic heterocycles. The first-order valence-electron chi connectivity index (χ1n) is 5.55. The molecule has 1 amide bonds. The fourth-order valence-corrected chi connectivity index (χ4v) is 1.60. The molecular weight excluding hydrogens is 244 g/mol. The Balaban J connectivity index is 2.24. The minimum Gasteiger partial charge on any atom is -0.545 e. The molecule has 2 aromatic rings. The molecule has 0 saturated carbocycles. The van der Waals surface area contributed by atoms with Gasteiger partial charge < -0.3 is 21.0 Å². The van der Waals surface area contributed by atoms with E-state index in [2.05, 4.69) is 5.32 Å². The third-order valence-corrected chi connectivity index (χ3v) is 2.57. The zero-order valence-corrected chi connectivity index (χ0v) is 9.92. The van der Waals surface area contributed by atoms with Crippen LogP contribution in [0, 0.1) is 0 Å². The second kappa shape index (κ2) is 5.22. The van der Waals surface area contributed by atoms with E-state index in [1.807, 2.05) is 0 Å². The first-order valence-corrected chi connectivity index (χ1v) is 5.55. The molecule has 96 valence electrons. The maximum atomic E-state index is 11.9. The number of anilines is 2. The van der Waals surface area contributed by atoms with Crippen LogP contribution in [0.4, 0.5) is 11.4 Å². The number of nitrogens with two attached hydrogens (primary N) is 1. The summed E-state index contributed by atoms with van der Waals surface area (Å²) in [4.78, 5) is 22.8. The van der Waals surface area contributed by atoms with Crippen molar-refractivity contribution in [3.8, 4) is 0 Å². The molecule has 0 spiro atoms. The summed E-state index contributed by atoms with van der Waals surface area (Å²) < 4.78 is 0. The standard InChI is InChI=1S/C14H12N2O3/c15-10-7-5-9(6-8-10)13(17)16-12-4-2-1-3-11(12)14(18)19/h1-8H,15H2,(H,16,17)(H,18,19)/p-1. The van der Waals surface area contributed by atoms with E-state index in [1.165, 1.54) is 12.1 Å². The van der Waals surface area contributed by atoms with Crippen molar-refractivity contribution >= 4 is 23.3 Å². The monoisotopic (exact) mass is 255 g/mol. The molecule has 0 fully saturated rings. The summed E-state index contributed by atoms with van der Waals surface area (Å²) >= 11 is 0. The fourth-order valence-electron chi connectivity index (χ4n) is 1.60. The Kier molecular flexibility index (Phi) is 3.47. The molecule has 0 aromatic heterocycles. The quantitative estimate of drug-likeness (QED) is 0.796. The predicted molar refractivity (Wildman–Crippen MR) is 69.6 cm³/mol. The van der Waals surface area contributed by atoms with Crippen LogP contribution in [0.1, 0.15) is 20.7 Å². The van der Waals surface area contributed by atoms with E-state index in [1.54, 1.807) is 36.4 Å². The van der Waals surface area contributed by atoms with Gasteiger partial charge in [-0.05, 0) is 30.3 Å². The van der Waals surface area contributed by atoms with Crippen LogP contribution in [-0.4, -0.2) is 11.9 Å². The molecular formula is C14H11N2O3-. The van der Waals surface area contributed by atoms with Crippen molar-refractivity contribution in [2.75, 3.05) is 11.1 Å². The lowest BCUT2D eigenvalue weighted by molar-refractivity contribution is -0.254. The zero-order chi connectivity index (χ0) is 13.8. The molecule has 5 heteroatoms. The molecule has 19 heavy (non-hydrogen) atoms. The van der Waals surface area contributed by atoms with Gasteiger partial charge in [0.2, 0.25) is 0 Å². The number of para-hydroxylation sites is 1. The molecule has 0 atom stereocenters. The number of carboxylic acids is 1. The topological polar surface area (TPSA) is 95.2 Å². The van der Waals surface area contributed by atoms with Crippen molar-refractivity contribution in [1.82, 2.24) is 0 Å². The van der Waals surface area contributed by atoms with Crippen LogP contribution in [0.25, 0.3) is 0 Å². The highest BCUT2D eigenvalue weighted by molar-refractivity contribution is 6.07. The third kappa shape index (κ3) is 2.90. The van der Waals surface area contributed by atoms with Crippen molar-refractivity contribution in [1.29, 1.82) is 0 Å². The molecule has 0 bridgehead atoms. The van der Waals surface area contributed by atoms with Gasteiger partial charge in [0.25, 0.3) is 5.91 Å². The van der Waals surface area contributed by atoms with Crippen LogP contribution in [0.15, 0.2) is 48.5 Å². The summed E-state index contributed by atoms with van der Waals surface area (Å²) in [7, 11) is 0. The smallest absolute Gasteiger partial charge is 0.255 e. The van der Waals surface area contributed by atoms with Gasteiger partial charge in [0.15, 0.2) is 0 Å². The lowest BCUT2D eigenvalue weighted by Gasteiger charge is -2.11. The summed E-state index contributed by atoms with van der Waals surface area (Å²) in [5.41, 5.74) is 6.60. The molecule has 0 aliphatic carbocycles. The van der Waals surface area contributed by atoms with E-state index >= 15 is 0 Å². The number of benzene rings is 2. The summed E-state index contributed by atoms with van der Waals surface area (Å²) in [6.07, 6.45) is 0. The van der Waals surface area contributed by atoms with E-state index in [0.717, 1.165) is 0 Å². The number of amides is 1. The van der Waals surface area contributed by atoms with Gasteiger partial charge in [-0.15, -0.1) is 0 Å². The van der Waals surface area contributed by atoms with Crippen LogP contribution >= 0.6 is 0 Å². The van der Waals surface area contributed by atoms with E-state index in [0.29, 0.717) is 11.3 Å². The van der Waals surface area contributed by atoms with Crippen LogP contribution in [0.5, 0.6) is 0 Å². The van der Waals surface area contributed by atoms with Crippen LogP contribution in [-0.2, 0) is 0 Å². The molecule has 3 N–H and O–H groups in total. The Labute approximate surface area is 109 Å².